The predicted octanol–water partition coefficient (Wildman–Crippen LogP) is 4.20. The van der Waals surface area contributed by atoms with E-state index in [4.69, 9.17) is 4.74 Å². The van der Waals surface area contributed by atoms with Gasteiger partial charge in [-0.15, -0.1) is 0 Å². The molecule has 1 atom stereocenters. The van der Waals surface area contributed by atoms with Gasteiger partial charge in [0.15, 0.2) is 6.10 Å². The van der Waals surface area contributed by atoms with Gasteiger partial charge in [-0.1, -0.05) is 66.7 Å². The summed E-state index contributed by atoms with van der Waals surface area (Å²) in [6.45, 7) is 1.58. The van der Waals surface area contributed by atoms with Crippen LogP contribution in [-0.2, 0) is 9.53 Å². The molecule has 5 nitrogen and oxygen atoms in total. The van der Waals surface area contributed by atoms with Gasteiger partial charge in [-0.3, -0.25) is 4.79 Å². The Kier molecular flexibility index (Phi) is 6.86. The van der Waals surface area contributed by atoms with Gasteiger partial charge in [0.05, 0.1) is 11.6 Å². The fourth-order valence-corrected chi connectivity index (χ4v) is 3.10. The Morgan fingerprint density at radius 1 is 0.833 bits per heavy atom. The summed E-state index contributed by atoms with van der Waals surface area (Å²) in [5.41, 5.74) is 3.20. The predicted molar refractivity (Wildman–Crippen MR) is 119 cm³/mol. The maximum absolute atomic E-state index is 12.8. The Hall–Kier alpha value is -3.60. The van der Waals surface area contributed by atoms with Crippen LogP contribution in [0.2, 0.25) is 0 Å². The molecule has 0 heterocycles. The Bertz CT molecular complexity index is 948. The van der Waals surface area contributed by atoms with Crippen LogP contribution in [0.5, 0.6) is 0 Å². The summed E-state index contributed by atoms with van der Waals surface area (Å²) in [5, 5.41) is 3.01. The van der Waals surface area contributed by atoms with Crippen LogP contribution in [0.15, 0.2) is 84.9 Å². The lowest BCUT2D eigenvalue weighted by Crippen LogP contribution is -2.38. The fourth-order valence-electron chi connectivity index (χ4n) is 3.10. The molecule has 0 saturated heterocycles. The molecule has 0 saturated carbocycles. The average Bonchev–Trinajstić information content (AvgIpc) is 2.78. The molecule has 0 aliphatic carbocycles. The summed E-state index contributed by atoms with van der Waals surface area (Å²) in [6.07, 6.45) is -0.935. The maximum atomic E-state index is 12.8. The number of amides is 1. The van der Waals surface area contributed by atoms with E-state index < -0.39 is 12.1 Å². The third kappa shape index (κ3) is 5.26. The van der Waals surface area contributed by atoms with Crippen LogP contribution in [-0.4, -0.2) is 32.1 Å². The number of benzene rings is 3. The lowest BCUT2D eigenvalue weighted by Gasteiger charge is -2.22. The van der Waals surface area contributed by atoms with Crippen LogP contribution in [0.3, 0.4) is 0 Å². The molecule has 3 aromatic rings. The minimum atomic E-state index is -0.935. The SMILES string of the molecule is C[C@H](OC(=O)c1cccc(N(C)C)c1)C(=O)NC(c1ccccc1)c1ccccc1. The summed E-state index contributed by atoms with van der Waals surface area (Å²) in [5.74, 6) is -0.887. The van der Waals surface area contributed by atoms with E-state index in [-0.39, 0.29) is 11.9 Å². The Morgan fingerprint density at radius 2 is 1.40 bits per heavy atom. The van der Waals surface area contributed by atoms with E-state index in [0.717, 1.165) is 16.8 Å². The molecular formula is C25H26N2O3. The molecule has 1 N–H and O–H groups in total. The quantitative estimate of drug-likeness (QED) is 0.602. The number of carbonyl (C=O) groups excluding carboxylic acids is 2. The van der Waals surface area contributed by atoms with Crippen molar-refractivity contribution in [2.24, 2.45) is 0 Å². The first-order valence-corrected chi connectivity index (χ1v) is 9.84. The van der Waals surface area contributed by atoms with Crippen molar-refractivity contribution in [3.8, 4) is 0 Å². The molecule has 154 valence electrons. The smallest absolute Gasteiger partial charge is 0.338 e. The van der Waals surface area contributed by atoms with Crippen LogP contribution in [0.4, 0.5) is 5.69 Å². The summed E-state index contributed by atoms with van der Waals surface area (Å²) in [4.78, 5) is 27.3. The number of carbonyl (C=O) groups is 2. The van der Waals surface area contributed by atoms with Crippen molar-refractivity contribution in [2.45, 2.75) is 19.1 Å². The zero-order chi connectivity index (χ0) is 21.5. The molecule has 0 aromatic heterocycles. The first-order chi connectivity index (χ1) is 14.5. The van der Waals surface area contributed by atoms with Gasteiger partial charge in [0.1, 0.15) is 0 Å². The second kappa shape index (κ2) is 9.74. The minimum absolute atomic E-state index is 0.335. The van der Waals surface area contributed by atoms with Crippen molar-refractivity contribution in [2.75, 3.05) is 19.0 Å². The molecule has 0 radical (unpaired) electrons. The second-order valence-corrected chi connectivity index (χ2v) is 7.26. The van der Waals surface area contributed by atoms with E-state index in [1.54, 1.807) is 25.1 Å². The lowest BCUT2D eigenvalue weighted by atomic mass is 9.98. The third-order valence-corrected chi connectivity index (χ3v) is 4.80. The van der Waals surface area contributed by atoms with Crippen molar-refractivity contribution < 1.29 is 14.3 Å². The summed E-state index contributed by atoms with van der Waals surface area (Å²) in [7, 11) is 3.79. The van der Waals surface area contributed by atoms with Gasteiger partial charge < -0.3 is 15.0 Å². The molecule has 3 aromatic carbocycles. The molecular weight excluding hydrogens is 376 g/mol. The number of esters is 1. The Morgan fingerprint density at radius 3 is 1.93 bits per heavy atom. The molecule has 0 unspecified atom stereocenters. The molecule has 1 amide bonds. The zero-order valence-corrected chi connectivity index (χ0v) is 17.4. The van der Waals surface area contributed by atoms with Crippen molar-refractivity contribution in [3.63, 3.8) is 0 Å². The van der Waals surface area contributed by atoms with Gasteiger partial charge in [0, 0.05) is 19.8 Å². The monoisotopic (exact) mass is 402 g/mol. The number of anilines is 1. The van der Waals surface area contributed by atoms with Crippen LogP contribution in [0.25, 0.3) is 0 Å². The van der Waals surface area contributed by atoms with Crippen molar-refractivity contribution >= 4 is 17.6 Å². The van der Waals surface area contributed by atoms with Gasteiger partial charge >= 0.3 is 5.97 Å². The van der Waals surface area contributed by atoms with E-state index in [9.17, 15) is 9.59 Å². The fraction of sp³-hybridized carbons (Fsp3) is 0.200. The van der Waals surface area contributed by atoms with Gasteiger partial charge in [0.25, 0.3) is 5.91 Å². The summed E-state index contributed by atoms with van der Waals surface area (Å²) >= 11 is 0. The summed E-state index contributed by atoms with van der Waals surface area (Å²) < 4.78 is 5.44. The third-order valence-electron chi connectivity index (χ3n) is 4.80. The van der Waals surface area contributed by atoms with Gasteiger partial charge in [-0.2, -0.15) is 0 Å². The van der Waals surface area contributed by atoms with Crippen molar-refractivity contribution in [3.05, 3.63) is 102 Å². The van der Waals surface area contributed by atoms with Crippen LogP contribution >= 0.6 is 0 Å². The molecule has 0 spiro atoms. The number of hydrogen-bond acceptors (Lipinski definition) is 4. The zero-order valence-electron chi connectivity index (χ0n) is 17.4. The van der Waals surface area contributed by atoms with Crippen LogP contribution < -0.4 is 10.2 Å². The number of nitrogens with one attached hydrogen (secondary N) is 1. The van der Waals surface area contributed by atoms with Crippen molar-refractivity contribution in [1.82, 2.24) is 5.32 Å². The molecule has 30 heavy (non-hydrogen) atoms. The van der Waals surface area contributed by atoms with Crippen molar-refractivity contribution in [1.29, 1.82) is 0 Å². The van der Waals surface area contributed by atoms with E-state index in [1.807, 2.05) is 85.7 Å². The van der Waals surface area contributed by atoms with E-state index >= 15 is 0 Å². The molecule has 5 heteroatoms. The van der Waals surface area contributed by atoms with Crippen LogP contribution in [0, 0.1) is 0 Å². The van der Waals surface area contributed by atoms with Gasteiger partial charge in [-0.25, -0.2) is 4.79 Å². The maximum Gasteiger partial charge on any atom is 0.338 e. The van der Waals surface area contributed by atoms with E-state index in [0.29, 0.717) is 5.56 Å². The Balaban J connectivity index is 1.73. The number of ether oxygens (including phenoxy) is 1. The Labute approximate surface area is 177 Å². The normalized spacial score (nSPS) is 11.6. The molecule has 3 rings (SSSR count). The lowest BCUT2D eigenvalue weighted by molar-refractivity contribution is -0.129. The number of nitrogens with zero attached hydrogens (tertiary/aromatic N) is 1. The average molecular weight is 402 g/mol. The highest BCUT2D eigenvalue weighted by Crippen LogP contribution is 2.22. The topological polar surface area (TPSA) is 58.6 Å². The number of hydrogen-bond donors (Lipinski definition) is 1. The first-order valence-electron chi connectivity index (χ1n) is 9.84. The highest BCUT2D eigenvalue weighted by Gasteiger charge is 2.23. The second-order valence-electron chi connectivity index (χ2n) is 7.26. The number of rotatable bonds is 7. The van der Waals surface area contributed by atoms with Gasteiger partial charge in [-0.05, 0) is 36.2 Å². The van der Waals surface area contributed by atoms with Crippen LogP contribution in [0.1, 0.15) is 34.5 Å². The van der Waals surface area contributed by atoms with E-state index in [2.05, 4.69) is 5.32 Å². The molecule has 0 aliphatic heterocycles. The standard InChI is InChI=1S/C25H26N2O3/c1-18(30-25(29)21-15-10-16-22(17-21)27(2)3)24(28)26-23(19-11-6-4-7-12-19)20-13-8-5-9-14-20/h4-18,23H,1-3H3,(H,26,28)/t18-/m0/s1. The minimum Gasteiger partial charge on any atom is -0.449 e. The molecule has 0 fully saturated rings. The highest BCUT2D eigenvalue weighted by atomic mass is 16.5. The molecule has 0 bridgehead atoms. The summed E-state index contributed by atoms with van der Waals surface area (Å²) in [6, 6.07) is 26.2. The largest absolute Gasteiger partial charge is 0.449 e. The first kappa shape index (κ1) is 21.1. The van der Waals surface area contributed by atoms with E-state index in [1.165, 1.54) is 0 Å². The van der Waals surface area contributed by atoms with Gasteiger partial charge in [0.2, 0.25) is 0 Å². The highest BCUT2D eigenvalue weighted by molar-refractivity contribution is 5.93. The molecule has 0 aliphatic rings.